The molecule has 1 unspecified atom stereocenters. The summed E-state index contributed by atoms with van der Waals surface area (Å²) >= 11 is 1.94. The van der Waals surface area contributed by atoms with E-state index in [4.69, 9.17) is 4.74 Å². The lowest BCUT2D eigenvalue weighted by atomic mass is 10.1. The molecule has 0 aromatic carbocycles. The molecule has 0 radical (unpaired) electrons. The molecule has 1 aliphatic heterocycles. The van der Waals surface area contributed by atoms with Crippen molar-refractivity contribution in [3.05, 3.63) is 0 Å². The molecule has 1 rings (SSSR count). The summed E-state index contributed by atoms with van der Waals surface area (Å²) in [7, 11) is 0. The van der Waals surface area contributed by atoms with Gasteiger partial charge in [0.15, 0.2) is 0 Å². The monoisotopic (exact) mass is 174 g/mol. The molecule has 1 nitrogen and oxygen atoms in total. The van der Waals surface area contributed by atoms with Crippen LogP contribution in [0, 0.1) is 0 Å². The Kier molecular flexibility index (Phi) is 5.04. The highest BCUT2D eigenvalue weighted by Crippen LogP contribution is 2.17. The van der Waals surface area contributed by atoms with Gasteiger partial charge in [-0.1, -0.05) is 6.42 Å². The first-order valence-electron chi connectivity index (χ1n) is 4.54. The summed E-state index contributed by atoms with van der Waals surface area (Å²) in [5.74, 6) is 1.31. The van der Waals surface area contributed by atoms with E-state index in [9.17, 15) is 0 Å². The number of hydrogen-bond acceptors (Lipinski definition) is 2. The molecule has 0 spiro atoms. The number of unbranched alkanes of at least 4 members (excludes halogenated alkanes) is 1. The van der Waals surface area contributed by atoms with E-state index in [1.165, 1.54) is 37.9 Å². The van der Waals surface area contributed by atoms with E-state index in [2.05, 4.69) is 6.26 Å². The van der Waals surface area contributed by atoms with Crippen molar-refractivity contribution < 1.29 is 4.74 Å². The first-order chi connectivity index (χ1) is 5.43. The quantitative estimate of drug-likeness (QED) is 0.593. The predicted molar refractivity (Wildman–Crippen MR) is 51.2 cm³/mol. The van der Waals surface area contributed by atoms with Gasteiger partial charge >= 0.3 is 0 Å². The molecular formula is C9H18OS. The normalized spacial score (nSPS) is 24.3. The molecule has 0 amide bonds. The lowest BCUT2D eigenvalue weighted by Gasteiger charge is -2.07. The van der Waals surface area contributed by atoms with Crippen molar-refractivity contribution in [2.45, 2.75) is 38.2 Å². The minimum Gasteiger partial charge on any atom is -0.378 e. The average molecular weight is 174 g/mol. The van der Waals surface area contributed by atoms with Gasteiger partial charge < -0.3 is 4.74 Å². The predicted octanol–water partition coefficient (Wildman–Crippen LogP) is 2.70. The molecule has 1 atom stereocenters. The van der Waals surface area contributed by atoms with E-state index in [1.54, 1.807) is 0 Å². The van der Waals surface area contributed by atoms with Crippen molar-refractivity contribution in [3.63, 3.8) is 0 Å². The molecule has 2 heteroatoms. The van der Waals surface area contributed by atoms with Crippen LogP contribution in [0.2, 0.25) is 0 Å². The minimum atomic E-state index is 0.608. The minimum absolute atomic E-state index is 0.608. The Morgan fingerprint density at radius 3 is 3.00 bits per heavy atom. The van der Waals surface area contributed by atoms with Crippen LogP contribution >= 0.6 is 11.8 Å². The topological polar surface area (TPSA) is 9.23 Å². The van der Waals surface area contributed by atoms with E-state index in [0.717, 1.165) is 6.61 Å². The van der Waals surface area contributed by atoms with Gasteiger partial charge in [-0.05, 0) is 37.7 Å². The maximum absolute atomic E-state index is 5.53. The van der Waals surface area contributed by atoms with E-state index in [0.29, 0.717) is 6.10 Å². The summed E-state index contributed by atoms with van der Waals surface area (Å²) in [5, 5.41) is 0. The molecule has 66 valence electrons. The number of thioether (sulfide) groups is 1. The molecule has 1 saturated heterocycles. The van der Waals surface area contributed by atoms with Gasteiger partial charge in [-0.2, -0.15) is 11.8 Å². The third-order valence-electron chi connectivity index (χ3n) is 2.15. The standard InChI is InChI=1S/C9H18OS/c1-11-8-3-2-5-9-6-4-7-10-9/h9H,2-8H2,1H3. The van der Waals surface area contributed by atoms with Crippen molar-refractivity contribution in [1.82, 2.24) is 0 Å². The van der Waals surface area contributed by atoms with Crippen LogP contribution < -0.4 is 0 Å². The molecular weight excluding hydrogens is 156 g/mol. The summed E-state index contributed by atoms with van der Waals surface area (Å²) in [6.07, 6.45) is 9.38. The smallest absolute Gasteiger partial charge is 0.0576 e. The zero-order chi connectivity index (χ0) is 7.94. The van der Waals surface area contributed by atoms with Crippen LogP contribution in [0.4, 0.5) is 0 Å². The SMILES string of the molecule is CSCCCCC1CCCO1. The Morgan fingerprint density at radius 2 is 2.36 bits per heavy atom. The Bertz CT molecular complexity index is 89.6. The van der Waals surface area contributed by atoms with Crippen LogP contribution in [0.25, 0.3) is 0 Å². The van der Waals surface area contributed by atoms with Crippen LogP contribution in [-0.2, 0) is 4.74 Å². The first-order valence-corrected chi connectivity index (χ1v) is 5.93. The lowest BCUT2D eigenvalue weighted by molar-refractivity contribution is 0.102. The third-order valence-corrected chi connectivity index (χ3v) is 2.85. The molecule has 0 N–H and O–H groups in total. The molecule has 1 fully saturated rings. The second kappa shape index (κ2) is 5.90. The van der Waals surface area contributed by atoms with Crippen molar-refractivity contribution >= 4 is 11.8 Å². The van der Waals surface area contributed by atoms with Crippen molar-refractivity contribution in [3.8, 4) is 0 Å². The fraction of sp³-hybridized carbons (Fsp3) is 1.00. The van der Waals surface area contributed by atoms with Crippen LogP contribution in [-0.4, -0.2) is 24.7 Å². The summed E-state index contributed by atoms with van der Waals surface area (Å²) in [6, 6.07) is 0. The average Bonchev–Trinajstić information content (AvgIpc) is 2.50. The van der Waals surface area contributed by atoms with E-state index in [1.807, 2.05) is 11.8 Å². The highest BCUT2D eigenvalue weighted by atomic mass is 32.2. The highest BCUT2D eigenvalue weighted by molar-refractivity contribution is 7.98. The number of rotatable bonds is 5. The van der Waals surface area contributed by atoms with Crippen LogP contribution in [0.15, 0.2) is 0 Å². The summed E-state index contributed by atoms with van der Waals surface area (Å²) < 4.78 is 5.53. The second-order valence-corrected chi connectivity index (χ2v) is 4.11. The molecule has 0 saturated carbocycles. The van der Waals surface area contributed by atoms with Gasteiger partial charge in [-0.15, -0.1) is 0 Å². The van der Waals surface area contributed by atoms with Gasteiger partial charge in [0.2, 0.25) is 0 Å². The van der Waals surface area contributed by atoms with Gasteiger partial charge in [-0.3, -0.25) is 0 Å². The Labute approximate surface area is 73.9 Å². The number of hydrogen-bond donors (Lipinski definition) is 0. The Morgan fingerprint density at radius 1 is 1.45 bits per heavy atom. The summed E-state index contributed by atoms with van der Waals surface area (Å²) in [4.78, 5) is 0. The summed E-state index contributed by atoms with van der Waals surface area (Å²) in [6.45, 7) is 1.01. The zero-order valence-corrected chi connectivity index (χ0v) is 8.16. The molecule has 0 aromatic heterocycles. The van der Waals surface area contributed by atoms with E-state index in [-0.39, 0.29) is 0 Å². The molecule has 0 aliphatic carbocycles. The van der Waals surface area contributed by atoms with Crippen molar-refractivity contribution in [2.75, 3.05) is 18.6 Å². The maximum atomic E-state index is 5.53. The van der Waals surface area contributed by atoms with Gasteiger partial charge in [0.1, 0.15) is 0 Å². The third kappa shape index (κ3) is 4.02. The van der Waals surface area contributed by atoms with E-state index < -0.39 is 0 Å². The fourth-order valence-electron chi connectivity index (χ4n) is 1.49. The molecule has 1 heterocycles. The maximum Gasteiger partial charge on any atom is 0.0576 e. The van der Waals surface area contributed by atoms with Crippen LogP contribution in [0.3, 0.4) is 0 Å². The Hall–Kier alpha value is 0.310. The largest absolute Gasteiger partial charge is 0.378 e. The number of ether oxygens (including phenoxy) is 1. The molecule has 0 bridgehead atoms. The molecule has 11 heavy (non-hydrogen) atoms. The van der Waals surface area contributed by atoms with Gasteiger partial charge in [0.25, 0.3) is 0 Å². The van der Waals surface area contributed by atoms with E-state index >= 15 is 0 Å². The molecule has 0 aromatic rings. The van der Waals surface area contributed by atoms with Crippen molar-refractivity contribution in [2.24, 2.45) is 0 Å². The molecule has 1 aliphatic rings. The lowest BCUT2D eigenvalue weighted by Crippen LogP contribution is -2.03. The van der Waals surface area contributed by atoms with Crippen molar-refractivity contribution in [1.29, 1.82) is 0 Å². The summed E-state index contributed by atoms with van der Waals surface area (Å²) in [5.41, 5.74) is 0. The first kappa shape index (κ1) is 9.40. The zero-order valence-electron chi connectivity index (χ0n) is 7.34. The van der Waals surface area contributed by atoms with Crippen LogP contribution in [0.1, 0.15) is 32.1 Å². The Balaban J connectivity index is 1.86. The van der Waals surface area contributed by atoms with Gasteiger partial charge in [-0.25, -0.2) is 0 Å². The fourth-order valence-corrected chi connectivity index (χ4v) is 1.98. The highest BCUT2D eigenvalue weighted by Gasteiger charge is 2.13. The van der Waals surface area contributed by atoms with Gasteiger partial charge in [0, 0.05) is 6.61 Å². The second-order valence-electron chi connectivity index (χ2n) is 3.12. The van der Waals surface area contributed by atoms with Gasteiger partial charge in [0.05, 0.1) is 6.10 Å². The van der Waals surface area contributed by atoms with Crippen LogP contribution in [0.5, 0.6) is 0 Å².